The molecular formula is C15H23N5O. The van der Waals surface area contributed by atoms with E-state index < -0.39 is 0 Å². The van der Waals surface area contributed by atoms with Crippen LogP contribution in [-0.2, 0) is 4.79 Å². The van der Waals surface area contributed by atoms with Crippen molar-refractivity contribution in [1.29, 1.82) is 0 Å². The molecule has 0 radical (unpaired) electrons. The van der Waals surface area contributed by atoms with Gasteiger partial charge in [0.1, 0.15) is 5.82 Å². The van der Waals surface area contributed by atoms with E-state index in [1.807, 2.05) is 25.3 Å². The molecule has 2 aliphatic rings. The Morgan fingerprint density at radius 2 is 2.05 bits per heavy atom. The second-order valence-corrected chi connectivity index (χ2v) is 5.92. The molecule has 1 aliphatic carbocycles. The standard InChI is InChI=1S/C15H23N5O/c1-11(15(21)18-12-2-3-12)19-6-8-20(9-7-19)13-4-5-14(16)17-10-13/h4-5,10-12H,2-3,6-9H2,1H3,(H2,16,17)(H,18,21). The van der Waals surface area contributed by atoms with E-state index in [0.29, 0.717) is 11.9 Å². The van der Waals surface area contributed by atoms with Crippen molar-refractivity contribution in [2.45, 2.75) is 31.8 Å². The van der Waals surface area contributed by atoms with Gasteiger partial charge in [-0.05, 0) is 31.9 Å². The highest BCUT2D eigenvalue weighted by Crippen LogP contribution is 2.20. The summed E-state index contributed by atoms with van der Waals surface area (Å²) in [6, 6.07) is 4.22. The van der Waals surface area contributed by atoms with Gasteiger partial charge in [-0.1, -0.05) is 0 Å². The quantitative estimate of drug-likeness (QED) is 0.842. The molecule has 1 atom stereocenters. The summed E-state index contributed by atoms with van der Waals surface area (Å²) in [6.45, 7) is 5.60. The van der Waals surface area contributed by atoms with Crippen molar-refractivity contribution in [3.8, 4) is 0 Å². The maximum absolute atomic E-state index is 12.1. The molecule has 3 rings (SSSR count). The molecule has 3 N–H and O–H groups in total. The molecule has 1 aromatic rings. The van der Waals surface area contributed by atoms with Crippen LogP contribution in [0.4, 0.5) is 11.5 Å². The van der Waals surface area contributed by atoms with E-state index in [0.717, 1.165) is 44.7 Å². The van der Waals surface area contributed by atoms with Crippen LogP contribution in [0.2, 0.25) is 0 Å². The molecule has 1 aliphatic heterocycles. The van der Waals surface area contributed by atoms with Crippen molar-refractivity contribution in [2.75, 3.05) is 36.8 Å². The second kappa shape index (κ2) is 5.89. The highest BCUT2D eigenvalue weighted by molar-refractivity contribution is 5.81. The first-order valence-corrected chi connectivity index (χ1v) is 7.64. The van der Waals surface area contributed by atoms with Gasteiger partial charge in [0.15, 0.2) is 0 Å². The van der Waals surface area contributed by atoms with Crippen LogP contribution in [0.25, 0.3) is 0 Å². The minimum atomic E-state index is -0.0442. The molecular weight excluding hydrogens is 266 g/mol. The van der Waals surface area contributed by atoms with Crippen LogP contribution >= 0.6 is 0 Å². The fraction of sp³-hybridized carbons (Fsp3) is 0.600. The van der Waals surface area contributed by atoms with Crippen LogP contribution in [-0.4, -0.2) is 54.1 Å². The first-order valence-electron chi connectivity index (χ1n) is 7.64. The maximum Gasteiger partial charge on any atom is 0.237 e. The molecule has 1 amide bonds. The summed E-state index contributed by atoms with van der Waals surface area (Å²) in [5, 5.41) is 3.08. The van der Waals surface area contributed by atoms with Gasteiger partial charge in [-0.2, -0.15) is 0 Å². The van der Waals surface area contributed by atoms with Crippen molar-refractivity contribution in [2.24, 2.45) is 0 Å². The van der Waals surface area contributed by atoms with E-state index in [9.17, 15) is 4.79 Å². The fourth-order valence-electron chi connectivity index (χ4n) is 2.67. The number of rotatable bonds is 4. The van der Waals surface area contributed by atoms with Gasteiger partial charge in [-0.3, -0.25) is 9.69 Å². The SMILES string of the molecule is CC(C(=O)NC1CC1)N1CCN(c2ccc(N)nc2)CC1. The van der Waals surface area contributed by atoms with Crippen LogP contribution in [0.15, 0.2) is 18.3 Å². The van der Waals surface area contributed by atoms with Gasteiger partial charge in [-0.25, -0.2) is 4.98 Å². The number of anilines is 2. The monoisotopic (exact) mass is 289 g/mol. The largest absolute Gasteiger partial charge is 0.384 e. The Labute approximate surface area is 125 Å². The smallest absolute Gasteiger partial charge is 0.237 e. The number of nitrogens with one attached hydrogen (secondary N) is 1. The Balaban J connectivity index is 1.52. The lowest BCUT2D eigenvalue weighted by Crippen LogP contribution is -2.54. The third kappa shape index (κ3) is 3.44. The minimum absolute atomic E-state index is 0.0442. The number of piperazine rings is 1. The van der Waals surface area contributed by atoms with Gasteiger partial charge < -0.3 is 16.0 Å². The average Bonchev–Trinajstić information content (AvgIpc) is 3.31. The summed E-state index contributed by atoms with van der Waals surface area (Å²) >= 11 is 0. The fourth-order valence-corrected chi connectivity index (χ4v) is 2.67. The number of nitrogens with two attached hydrogens (primary N) is 1. The summed E-state index contributed by atoms with van der Waals surface area (Å²) < 4.78 is 0. The van der Waals surface area contributed by atoms with Crippen LogP contribution in [0, 0.1) is 0 Å². The van der Waals surface area contributed by atoms with Crippen LogP contribution < -0.4 is 16.0 Å². The number of carbonyl (C=O) groups excluding carboxylic acids is 1. The molecule has 2 heterocycles. The molecule has 1 aromatic heterocycles. The normalized spacial score (nSPS) is 21.1. The van der Waals surface area contributed by atoms with Crippen LogP contribution in [0.1, 0.15) is 19.8 Å². The molecule has 0 spiro atoms. The van der Waals surface area contributed by atoms with E-state index in [1.165, 1.54) is 0 Å². The van der Waals surface area contributed by atoms with Crippen molar-refractivity contribution < 1.29 is 4.79 Å². The zero-order valence-electron chi connectivity index (χ0n) is 12.5. The zero-order valence-corrected chi connectivity index (χ0v) is 12.5. The minimum Gasteiger partial charge on any atom is -0.384 e. The van der Waals surface area contributed by atoms with Crippen molar-refractivity contribution in [1.82, 2.24) is 15.2 Å². The lowest BCUT2D eigenvalue weighted by atomic mass is 10.2. The van der Waals surface area contributed by atoms with Gasteiger partial charge in [0.2, 0.25) is 5.91 Å². The number of amides is 1. The first kappa shape index (κ1) is 14.1. The molecule has 6 heteroatoms. The van der Waals surface area contributed by atoms with E-state index in [1.54, 1.807) is 0 Å². The summed E-state index contributed by atoms with van der Waals surface area (Å²) in [7, 11) is 0. The molecule has 1 unspecified atom stereocenters. The molecule has 1 saturated heterocycles. The van der Waals surface area contributed by atoms with Crippen LogP contribution in [0.3, 0.4) is 0 Å². The first-order chi connectivity index (χ1) is 10.1. The Hall–Kier alpha value is -1.82. The second-order valence-electron chi connectivity index (χ2n) is 5.92. The highest BCUT2D eigenvalue weighted by Gasteiger charge is 2.29. The Kier molecular flexibility index (Phi) is 3.96. The Bertz CT molecular complexity index is 491. The molecule has 0 bridgehead atoms. The predicted molar refractivity (Wildman–Crippen MR) is 83.1 cm³/mol. The molecule has 2 fully saturated rings. The number of hydrogen-bond acceptors (Lipinski definition) is 5. The van der Waals surface area contributed by atoms with E-state index in [-0.39, 0.29) is 11.9 Å². The summed E-state index contributed by atoms with van der Waals surface area (Å²) in [4.78, 5) is 20.8. The van der Waals surface area contributed by atoms with Gasteiger partial charge in [0.05, 0.1) is 17.9 Å². The van der Waals surface area contributed by atoms with Gasteiger partial charge in [0, 0.05) is 32.2 Å². The van der Waals surface area contributed by atoms with Gasteiger partial charge in [0.25, 0.3) is 0 Å². The number of aromatic nitrogens is 1. The zero-order chi connectivity index (χ0) is 14.8. The lowest BCUT2D eigenvalue weighted by Gasteiger charge is -2.38. The number of pyridine rings is 1. The van der Waals surface area contributed by atoms with Crippen molar-refractivity contribution in [3.05, 3.63) is 18.3 Å². The van der Waals surface area contributed by atoms with E-state index >= 15 is 0 Å². The van der Waals surface area contributed by atoms with Gasteiger partial charge in [-0.15, -0.1) is 0 Å². The predicted octanol–water partition coefficient (Wildman–Crippen LogP) is 0.453. The third-order valence-corrected chi connectivity index (χ3v) is 4.30. The van der Waals surface area contributed by atoms with Crippen LogP contribution in [0.5, 0.6) is 0 Å². The van der Waals surface area contributed by atoms with Crippen molar-refractivity contribution >= 4 is 17.4 Å². The molecule has 0 aromatic carbocycles. The summed E-state index contributed by atoms with van der Waals surface area (Å²) in [5.74, 6) is 0.711. The Morgan fingerprint density at radius 3 is 2.62 bits per heavy atom. The third-order valence-electron chi connectivity index (χ3n) is 4.30. The van der Waals surface area contributed by atoms with E-state index in [2.05, 4.69) is 20.1 Å². The van der Waals surface area contributed by atoms with E-state index in [4.69, 9.17) is 5.73 Å². The topological polar surface area (TPSA) is 74.5 Å². The summed E-state index contributed by atoms with van der Waals surface area (Å²) in [6.07, 6.45) is 4.08. The lowest BCUT2D eigenvalue weighted by molar-refractivity contribution is -0.126. The molecule has 1 saturated carbocycles. The van der Waals surface area contributed by atoms with Crippen molar-refractivity contribution in [3.63, 3.8) is 0 Å². The molecule has 114 valence electrons. The molecule has 6 nitrogen and oxygen atoms in total. The average molecular weight is 289 g/mol. The number of nitrogen functional groups attached to an aromatic ring is 1. The van der Waals surface area contributed by atoms with Gasteiger partial charge >= 0.3 is 0 Å². The number of carbonyl (C=O) groups is 1. The summed E-state index contributed by atoms with van der Waals surface area (Å²) in [5.41, 5.74) is 6.71. The Morgan fingerprint density at radius 1 is 1.33 bits per heavy atom. The number of nitrogens with zero attached hydrogens (tertiary/aromatic N) is 3. The maximum atomic E-state index is 12.1. The molecule has 21 heavy (non-hydrogen) atoms. The number of hydrogen-bond donors (Lipinski definition) is 2. The highest BCUT2D eigenvalue weighted by atomic mass is 16.2.